The Kier molecular flexibility index (Phi) is 6.36. The van der Waals surface area contributed by atoms with Crippen LogP contribution in [0.2, 0.25) is 0 Å². The van der Waals surface area contributed by atoms with Gasteiger partial charge in [-0.15, -0.1) is 0 Å². The van der Waals surface area contributed by atoms with Crippen LogP contribution < -0.4 is 9.47 Å². The van der Waals surface area contributed by atoms with Gasteiger partial charge >= 0.3 is 5.97 Å². The monoisotopic (exact) mass is 359 g/mol. The van der Waals surface area contributed by atoms with Crippen LogP contribution in [0.4, 0.5) is 0 Å². The van der Waals surface area contributed by atoms with Crippen molar-refractivity contribution in [1.82, 2.24) is 4.98 Å². The maximum absolute atomic E-state index is 12.2. The Morgan fingerprint density at radius 2 is 1.78 bits per heavy atom. The molecule has 0 amide bonds. The molecule has 0 saturated heterocycles. The van der Waals surface area contributed by atoms with Crippen molar-refractivity contribution < 1.29 is 14.3 Å². The van der Waals surface area contributed by atoms with Crippen molar-refractivity contribution in [3.05, 3.63) is 89.7 Å². The molecule has 1 aromatic heterocycles. The second-order valence-electron chi connectivity index (χ2n) is 5.86. The van der Waals surface area contributed by atoms with E-state index in [4.69, 9.17) is 9.47 Å². The van der Waals surface area contributed by atoms with Gasteiger partial charge in [-0.3, -0.25) is 9.78 Å². The second kappa shape index (κ2) is 9.34. The predicted molar refractivity (Wildman–Crippen MR) is 107 cm³/mol. The Hall–Kier alpha value is -3.40. The SMILES string of the molecule is CCOc1cc(C=Cc2ccccn2)ccc1OC(=O)Cc1ccccc1. The van der Waals surface area contributed by atoms with E-state index in [0.29, 0.717) is 18.1 Å². The summed E-state index contributed by atoms with van der Waals surface area (Å²) >= 11 is 0. The van der Waals surface area contributed by atoms with E-state index in [2.05, 4.69) is 4.98 Å². The molecule has 3 rings (SSSR count). The van der Waals surface area contributed by atoms with E-state index in [-0.39, 0.29) is 12.4 Å². The molecule has 4 heteroatoms. The van der Waals surface area contributed by atoms with Crippen LogP contribution in [0.1, 0.15) is 23.7 Å². The largest absolute Gasteiger partial charge is 0.490 e. The number of aromatic nitrogens is 1. The third-order valence-electron chi connectivity index (χ3n) is 3.82. The van der Waals surface area contributed by atoms with Crippen molar-refractivity contribution in [1.29, 1.82) is 0 Å². The van der Waals surface area contributed by atoms with Gasteiger partial charge in [-0.25, -0.2) is 0 Å². The molecule has 0 unspecified atom stereocenters. The van der Waals surface area contributed by atoms with Crippen molar-refractivity contribution in [2.45, 2.75) is 13.3 Å². The maximum Gasteiger partial charge on any atom is 0.315 e. The molecular formula is C23H21NO3. The summed E-state index contributed by atoms with van der Waals surface area (Å²) in [6.07, 6.45) is 5.83. The fourth-order valence-electron chi connectivity index (χ4n) is 2.56. The first-order chi connectivity index (χ1) is 13.2. The summed E-state index contributed by atoms with van der Waals surface area (Å²) in [7, 11) is 0. The Bertz CT molecular complexity index is 905. The average molecular weight is 359 g/mol. The number of rotatable bonds is 7. The molecule has 4 nitrogen and oxygen atoms in total. The van der Waals surface area contributed by atoms with E-state index < -0.39 is 0 Å². The van der Waals surface area contributed by atoms with E-state index in [1.54, 1.807) is 12.3 Å². The number of hydrogen-bond donors (Lipinski definition) is 0. The quantitative estimate of drug-likeness (QED) is 0.449. The average Bonchev–Trinajstić information content (AvgIpc) is 2.70. The number of carbonyl (C=O) groups is 1. The van der Waals surface area contributed by atoms with Crippen LogP contribution >= 0.6 is 0 Å². The molecule has 3 aromatic rings. The lowest BCUT2D eigenvalue weighted by molar-refractivity contribution is -0.133. The van der Waals surface area contributed by atoms with Gasteiger partial charge in [0.2, 0.25) is 0 Å². The normalized spacial score (nSPS) is 10.7. The van der Waals surface area contributed by atoms with Crippen molar-refractivity contribution in [2.24, 2.45) is 0 Å². The standard InChI is InChI=1S/C23H21NO3/c1-2-26-22-16-19(11-13-20-10-6-7-15-24-20)12-14-21(22)27-23(25)17-18-8-4-3-5-9-18/h3-16H,2,17H2,1H3. The van der Waals surface area contributed by atoms with Crippen LogP contribution in [-0.4, -0.2) is 17.6 Å². The molecule has 2 aromatic carbocycles. The fraction of sp³-hybridized carbons (Fsp3) is 0.130. The minimum Gasteiger partial charge on any atom is -0.490 e. The summed E-state index contributed by atoms with van der Waals surface area (Å²) in [6, 6.07) is 20.8. The highest BCUT2D eigenvalue weighted by Gasteiger charge is 2.11. The van der Waals surface area contributed by atoms with Gasteiger partial charge in [0, 0.05) is 6.20 Å². The van der Waals surface area contributed by atoms with E-state index in [9.17, 15) is 4.79 Å². The first-order valence-corrected chi connectivity index (χ1v) is 8.85. The Morgan fingerprint density at radius 3 is 2.52 bits per heavy atom. The first-order valence-electron chi connectivity index (χ1n) is 8.85. The summed E-state index contributed by atoms with van der Waals surface area (Å²) < 4.78 is 11.2. The lowest BCUT2D eigenvalue weighted by atomic mass is 10.1. The van der Waals surface area contributed by atoms with Crippen molar-refractivity contribution in [3.8, 4) is 11.5 Å². The molecule has 27 heavy (non-hydrogen) atoms. The van der Waals surface area contributed by atoms with Gasteiger partial charge in [0.05, 0.1) is 18.7 Å². The molecule has 0 fully saturated rings. The van der Waals surface area contributed by atoms with Crippen LogP contribution in [0, 0.1) is 0 Å². The third-order valence-corrected chi connectivity index (χ3v) is 3.82. The number of carbonyl (C=O) groups excluding carboxylic acids is 1. The van der Waals surface area contributed by atoms with E-state index in [0.717, 1.165) is 16.8 Å². The fourth-order valence-corrected chi connectivity index (χ4v) is 2.56. The minimum absolute atomic E-state index is 0.216. The first kappa shape index (κ1) is 18.4. The highest BCUT2D eigenvalue weighted by atomic mass is 16.6. The van der Waals surface area contributed by atoms with Crippen LogP contribution in [0.3, 0.4) is 0 Å². The lowest BCUT2D eigenvalue weighted by Gasteiger charge is -2.11. The van der Waals surface area contributed by atoms with Crippen molar-refractivity contribution in [3.63, 3.8) is 0 Å². The number of hydrogen-bond acceptors (Lipinski definition) is 4. The Labute approximate surface area is 159 Å². The van der Waals surface area contributed by atoms with Crippen LogP contribution in [0.15, 0.2) is 72.9 Å². The van der Waals surface area contributed by atoms with Crippen LogP contribution in [0.5, 0.6) is 11.5 Å². The second-order valence-corrected chi connectivity index (χ2v) is 5.86. The summed E-state index contributed by atoms with van der Waals surface area (Å²) in [6.45, 7) is 2.38. The van der Waals surface area contributed by atoms with Gasteiger partial charge < -0.3 is 9.47 Å². The molecule has 1 heterocycles. The lowest BCUT2D eigenvalue weighted by Crippen LogP contribution is -2.12. The van der Waals surface area contributed by atoms with Gasteiger partial charge in [-0.1, -0.05) is 48.5 Å². The van der Waals surface area contributed by atoms with Crippen LogP contribution in [-0.2, 0) is 11.2 Å². The Morgan fingerprint density at radius 1 is 0.963 bits per heavy atom. The zero-order valence-corrected chi connectivity index (χ0v) is 15.2. The van der Waals surface area contributed by atoms with Gasteiger partial charge in [0.15, 0.2) is 11.5 Å². The number of ether oxygens (including phenoxy) is 2. The summed E-state index contributed by atoms with van der Waals surface area (Å²) in [5, 5.41) is 0. The van der Waals surface area contributed by atoms with Gasteiger partial charge in [-0.2, -0.15) is 0 Å². The van der Waals surface area contributed by atoms with Crippen molar-refractivity contribution >= 4 is 18.1 Å². The number of benzene rings is 2. The number of esters is 1. The zero-order valence-electron chi connectivity index (χ0n) is 15.2. The predicted octanol–water partition coefficient (Wildman–Crippen LogP) is 4.80. The molecule has 0 saturated carbocycles. The van der Waals surface area contributed by atoms with Gasteiger partial charge in [0.1, 0.15) is 0 Å². The molecule has 0 radical (unpaired) electrons. The number of pyridine rings is 1. The smallest absolute Gasteiger partial charge is 0.315 e. The van der Waals surface area contributed by atoms with E-state index in [1.165, 1.54) is 0 Å². The van der Waals surface area contributed by atoms with Crippen molar-refractivity contribution in [2.75, 3.05) is 6.61 Å². The summed E-state index contributed by atoms with van der Waals surface area (Å²) in [4.78, 5) is 16.5. The van der Waals surface area contributed by atoms with Gasteiger partial charge in [0.25, 0.3) is 0 Å². The molecule has 0 N–H and O–H groups in total. The zero-order chi connectivity index (χ0) is 18.9. The third kappa shape index (κ3) is 5.54. The molecule has 0 bridgehead atoms. The molecule has 0 spiro atoms. The minimum atomic E-state index is -0.320. The molecular weight excluding hydrogens is 338 g/mol. The number of nitrogens with zero attached hydrogens (tertiary/aromatic N) is 1. The maximum atomic E-state index is 12.2. The van der Waals surface area contributed by atoms with Crippen LogP contribution in [0.25, 0.3) is 12.2 Å². The molecule has 0 atom stereocenters. The molecule has 0 aliphatic heterocycles. The van der Waals surface area contributed by atoms with Gasteiger partial charge in [-0.05, 0) is 48.4 Å². The topological polar surface area (TPSA) is 48.4 Å². The molecule has 136 valence electrons. The Balaban J connectivity index is 1.73. The molecule has 0 aliphatic rings. The highest BCUT2D eigenvalue weighted by molar-refractivity contribution is 5.76. The van der Waals surface area contributed by atoms with E-state index in [1.807, 2.05) is 79.7 Å². The highest BCUT2D eigenvalue weighted by Crippen LogP contribution is 2.29. The summed E-state index contributed by atoms with van der Waals surface area (Å²) in [5.74, 6) is 0.647. The molecule has 0 aliphatic carbocycles. The summed E-state index contributed by atoms with van der Waals surface area (Å²) in [5.41, 5.74) is 2.72. The van der Waals surface area contributed by atoms with E-state index >= 15 is 0 Å².